The first kappa shape index (κ1) is 15.1. The third-order valence-corrected chi connectivity index (χ3v) is 3.79. The number of hydrogen-bond acceptors (Lipinski definition) is 3. The molecule has 2 aromatic carbocycles. The maximum absolute atomic E-state index is 12.4. The molecule has 1 amide bonds. The van der Waals surface area contributed by atoms with Gasteiger partial charge in [0.05, 0.1) is 23.0 Å². The van der Waals surface area contributed by atoms with Crippen molar-refractivity contribution in [2.75, 3.05) is 5.32 Å². The molecule has 0 bridgehead atoms. The van der Waals surface area contributed by atoms with E-state index >= 15 is 0 Å². The highest BCUT2D eigenvalue weighted by molar-refractivity contribution is 6.06. The molecule has 118 valence electrons. The van der Waals surface area contributed by atoms with Gasteiger partial charge in [-0.15, -0.1) is 0 Å². The van der Waals surface area contributed by atoms with Gasteiger partial charge in [-0.2, -0.15) is 0 Å². The second kappa shape index (κ2) is 5.43. The highest BCUT2D eigenvalue weighted by Crippen LogP contribution is 2.31. The van der Waals surface area contributed by atoms with Crippen LogP contribution in [0.4, 0.5) is 5.69 Å². The summed E-state index contributed by atoms with van der Waals surface area (Å²) in [6.07, 6.45) is 1.59. The monoisotopic (exact) mass is 309 g/mol. The number of H-pyrrole nitrogens is 1. The molecule has 0 spiro atoms. The van der Waals surface area contributed by atoms with Crippen molar-refractivity contribution in [2.24, 2.45) is 0 Å². The number of nitrogens with one attached hydrogen (secondary N) is 2. The number of aromatic amines is 1. The van der Waals surface area contributed by atoms with Gasteiger partial charge in [-0.25, -0.2) is 4.98 Å². The fraction of sp³-hybridized carbons (Fsp3) is 0.222. The van der Waals surface area contributed by atoms with Crippen LogP contribution in [0.5, 0.6) is 5.75 Å². The van der Waals surface area contributed by atoms with E-state index in [0.717, 1.165) is 16.6 Å². The Balaban J connectivity index is 1.90. The number of benzene rings is 2. The minimum Gasteiger partial charge on any atom is -0.506 e. The number of carbonyl (C=O) groups excluding carboxylic acids is 1. The number of nitrogens with zero attached hydrogens (tertiary/aromatic N) is 1. The Labute approximate surface area is 134 Å². The molecule has 23 heavy (non-hydrogen) atoms. The third kappa shape index (κ3) is 3.04. The molecular weight excluding hydrogens is 290 g/mol. The van der Waals surface area contributed by atoms with Crippen LogP contribution >= 0.6 is 0 Å². The van der Waals surface area contributed by atoms with Crippen molar-refractivity contribution in [1.29, 1.82) is 0 Å². The van der Waals surface area contributed by atoms with Crippen molar-refractivity contribution in [1.82, 2.24) is 9.97 Å². The molecule has 3 rings (SSSR count). The first-order valence-electron chi connectivity index (χ1n) is 7.42. The molecule has 0 aliphatic rings. The van der Waals surface area contributed by atoms with E-state index in [-0.39, 0.29) is 17.1 Å². The molecule has 0 radical (unpaired) electrons. The molecule has 5 heteroatoms. The van der Waals surface area contributed by atoms with Crippen LogP contribution in [-0.4, -0.2) is 21.0 Å². The molecule has 0 aliphatic carbocycles. The number of aromatic nitrogens is 2. The van der Waals surface area contributed by atoms with Gasteiger partial charge in [0, 0.05) is 5.56 Å². The van der Waals surface area contributed by atoms with Crippen LogP contribution in [0.15, 0.2) is 42.7 Å². The van der Waals surface area contributed by atoms with Crippen molar-refractivity contribution in [3.63, 3.8) is 0 Å². The minimum absolute atomic E-state index is 0.0500. The lowest BCUT2D eigenvalue weighted by Crippen LogP contribution is -2.15. The third-order valence-electron chi connectivity index (χ3n) is 3.79. The Morgan fingerprint density at radius 1 is 1.17 bits per heavy atom. The first-order valence-corrected chi connectivity index (χ1v) is 7.42. The molecule has 0 saturated carbocycles. The Kier molecular flexibility index (Phi) is 3.56. The number of phenolic OH excluding ortho intramolecular Hbond substituents is 1. The van der Waals surface area contributed by atoms with Crippen LogP contribution in [0.25, 0.3) is 11.0 Å². The zero-order chi connectivity index (χ0) is 16.6. The van der Waals surface area contributed by atoms with Gasteiger partial charge in [-0.05, 0) is 41.3 Å². The minimum atomic E-state index is -0.275. The highest BCUT2D eigenvalue weighted by atomic mass is 16.3. The summed E-state index contributed by atoms with van der Waals surface area (Å²) in [4.78, 5) is 19.5. The number of hydrogen-bond donors (Lipinski definition) is 3. The molecule has 1 heterocycles. The second-order valence-electron chi connectivity index (χ2n) is 6.57. The highest BCUT2D eigenvalue weighted by Gasteiger charge is 2.17. The van der Waals surface area contributed by atoms with Crippen molar-refractivity contribution in [2.45, 2.75) is 26.2 Å². The van der Waals surface area contributed by atoms with Gasteiger partial charge in [0.25, 0.3) is 5.91 Å². The lowest BCUT2D eigenvalue weighted by atomic mass is 9.87. The molecule has 0 saturated heterocycles. The first-order chi connectivity index (χ1) is 10.8. The zero-order valence-corrected chi connectivity index (χ0v) is 13.3. The summed E-state index contributed by atoms with van der Waals surface area (Å²) in [6, 6.07) is 10.5. The van der Waals surface area contributed by atoms with Crippen molar-refractivity contribution >= 4 is 22.6 Å². The Hall–Kier alpha value is -2.82. The number of rotatable bonds is 2. The van der Waals surface area contributed by atoms with E-state index in [9.17, 15) is 9.90 Å². The van der Waals surface area contributed by atoms with E-state index in [1.165, 1.54) is 0 Å². The standard InChI is InChI=1S/C18H19N3O2/c1-18(2,3)12-5-7-16(22)15(9-12)21-17(23)11-4-6-13-14(8-11)20-10-19-13/h4-10,22H,1-3H3,(H,19,20)(H,21,23). The molecule has 5 nitrogen and oxygen atoms in total. The fourth-order valence-electron chi connectivity index (χ4n) is 2.37. The predicted octanol–water partition coefficient (Wildman–Crippen LogP) is 3.82. The maximum Gasteiger partial charge on any atom is 0.255 e. The largest absolute Gasteiger partial charge is 0.506 e. The Morgan fingerprint density at radius 2 is 1.96 bits per heavy atom. The fourth-order valence-corrected chi connectivity index (χ4v) is 2.37. The van der Waals surface area contributed by atoms with Crippen LogP contribution in [0.3, 0.4) is 0 Å². The Bertz CT molecular complexity index is 875. The lowest BCUT2D eigenvalue weighted by molar-refractivity contribution is 0.102. The lowest BCUT2D eigenvalue weighted by Gasteiger charge is -2.20. The van der Waals surface area contributed by atoms with E-state index in [1.807, 2.05) is 12.1 Å². The maximum atomic E-state index is 12.4. The van der Waals surface area contributed by atoms with E-state index in [0.29, 0.717) is 11.3 Å². The number of amides is 1. The average molecular weight is 309 g/mol. The van der Waals surface area contributed by atoms with Gasteiger partial charge in [0.1, 0.15) is 5.75 Å². The van der Waals surface area contributed by atoms with E-state index < -0.39 is 0 Å². The summed E-state index contributed by atoms with van der Waals surface area (Å²) >= 11 is 0. The van der Waals surface area contributed by atoms with Crippen LogP contribution in [0, 0.1) is 0 Å². The normalized spacial score (nSPS) is 11.6. The number of fused-ring (bicyclic) bond motifs is 1. The number of imidazole rings is 1. The van der Waals surface area contributed by atoms with Crippen LogP contribution in [0.1, 0.15) is 36.7 Å². The predicted molar refractivity (Wildman–Crippen MR) is 90.9 cm³/mol. The van der Waals surface area contributed by atoms with Gasteiger partial charge < -0.3 is 15.4 Å². The summed E-state index contributed by atoms with van der Waals surface area (Å²) in [5.41, 5.74) is 3.48. The molecular formula is C18H19N3O2. The summed E-state index contributed by atoms with van der Waals surface area (Å²) in [5, 5.41) is 12.8. The molecule has 0 unspecified atom stereocenters. The van der Waals surface area contributed by atoms with Crippen LogP contribution in [0.2, 0.25) is 0 Å². The summed E-state index contributed by atoms with van der Waals surface area (Å²) in [5.74, 6) is -0.225. The second-order valence-corrected chi connectivity index (χ2v) is 6.57. The number of anilines is 1. The molecule has 0 fully saturated rings. The van der Waals surface area contributed by atoms with E-state index in [1.54, 1.807) is 30.6 Å². The summed E-state index contributed by atoms with van der Waals surface area (Å²) in [7, 11) is 0. The molecule has 3 N–H and O–H groups in total. The quantitative estimate of drug-likeness (QED) is 0.630. The van der Waals surface area contributed by atoms with E-state index in [2.05, 4.69) is 36.1 Å². The SMILES string of the molecule is CC(C)(C)c1ccc(O)c(NC(=O)c2ccc3nc[nH]c3c2)c1. The van der Waals surface area contributed by atoms with Gasteiger partial charge in [-0.1, -0.05) is 26.8 Å². The summed E-state index contributed by atoms with van der Waals surface area (Å²) in [6.45, 7) is 6.24. The number of carbonyl (C=O) groups is 1. The van der Waals surface area contributed by atoms with Gasteiger partial charge in [-0.3, -0.25) is 4.79 Å². The van der Waals surface area contributed by atoms with Crippen molar-refractivity contribution < 1.29 is 9.90 Å². The van der Waals surface area contributed by atoms with Gasteiger partial charge in [0.2, 0.25) is 0 Å². The molecule has 1 aromatic heterocycles. The molecule has 0 atom stereocenters. The van der Waals surface area contributed by atoms with Crippen molar-refractivity contribution in [3.05, 3.63) is 53.9 Å². The Morgan fingerprint density at radius 3 is 2.70 bits per heavy atom. The number of phenols is 1. The number of aromatic hydroxyl groups is 1. The smallest absolute Gasteiger partial charge is 0.255 e. The van der Waals surface area contributed by atoms with Gasteiger partial charge >= 0.3 is 0 Å². The summed E-state index contributed by atoms with van der Waals surface area (Å²) < 4.78 is 0. The molecule has 0 aliphatic heterocycles. The van der Waals surface area contributed by atoms with Crippen molar-refractivity contribution in [3.8, 4) is 5.75 Å². The molecule has 3 aromatic rings. The van der Waals surface area contributed by atoms with E-state index in [4.69, 9.17) is 0 Å². The van der Waals surface area contributed by atoms with Crippen LogP contribution in [-0.2, 0) is 5.41 Å². The van der Waals surface area contributed by atoms with Crippen LogP contribution < -0.4 is 5.32 Å². The van der Waals surface area contributed by atoms with Gasteiger partial charge in [0.15, 0.2) is 0 Å². The topological polar surface area (TPSA) is 78.0 Å². The average Bonchev–Trinajstić information content (AvgIpc) is 2.95. The zero-order valence-electron chi connectivity index (χ0n) is 13.3.